The number of hydrogen-bond acceptors (Lipinski definition) is 2. The lowest BCUT2D eigenvalue weighted by Gasteiger charge is -2.17. The minimum absolute atomic E-state index is 0.153. The smallest absolute Gasteiger partial charge is 0.127 e. The minimum atomic E-state index is -3.55. The third kappa shape index (κ3) is 3.84. The Morgan fingerprint density at radius 3 is 2.26 bits per heavy atom. The van der Waals surface area contributed by atoms with Gasteiger partial charge in [-0.15, -0.1) is 0 Å². The molecule has 0 spiro atoms. The maximum atomic E-state index is 11.9. The summed E-state index contributed by atoms with van der Waals surface area (Å²) < 4.78 is 27.7. The minimum Gasteiger partial charge on any atom is -0.530 e. The molecule has 0 unspecified atom stereocenters. The average Bonchev–Trinajstić information content (AvgIpc) is 2.40. The van der Waals surface area contributed by atoms with Crippen LogP contribution in [0.4, 0.5) is 0 Å². The number of sulfonamides is 1. The van der Waals surface area contributed by atoms with E-state index in [1.54, 1.807) is 30.7 Å². The molecule has 0 radical (unpaired) electrons. The fourth-order valence-electron chi connectivity index (χ4n) is 1.61. The molecule has 4 heteroatoms. The third-order valence-electron chi connectivity index (χ3n) is 2.69. The molecule has 98 valence electrons. The largest absolute Gasteiger partial charge is 0.530 e. The Hall–Kier alpha value is -1.78. The first-order valence-corrected chi connectivity index (χ1v) is 7.41. The second-order valence-electron chi connectivity index (χ2n) is 4.21. The molecule has 19 heavy (non-hydrogen) atoms. The molecule has 0 saturated heterocycles. The summed E-state index contributed by atoms with van der Waals surface area (Å²) in [5.74, 6) is 0. The molecule has 0 N–H and O–H groups in total. The van der Waals surface area contributed by atoms with E-state index in [9.17, 15) is 8.42 Å². The van der Waals surface area contributed by atoms with E-state index in [4.69, 9.17) is 0 Å². The molecule has 0 bridgehead atoms. The molecule has 0 aliphatic heterocycles. The van der Waals surface area contributed by atoms with Gasteiger partial charge in [0.1, 0.15) is 15.6 Å². The lowest BCUT2D eigenvalue weighted by atomic mass is 10.2. The molecule has 2 aromatic rings. The first-order chi connectivity index (χ1) is 9.08. The standard InChI is InChI=1S/C15H15NO2S/c1-13-7-9-15(10-8-13)19(17,18)16-12-11-14-5-3-2-4-6-14/h2-11H,12H2,1H3. The van der Waals surface area contributed by atoms with E-state index in [0.717, 1.165) is 11.1 Å². The van der Waals surface area contributed by atoms with E-state index < -0.39 is 10.0 Å². The Bertz CT molecular complexity index is 619. The van der Waals surface area contributed by atoms with Crippen molar-refractivity contribution < 1.29 is 8.42 Å². The second kappa shape index (κ2) is 5.91. The zero-order valence-electron chi connectivity index (χ0n) is 10.7. The van der Waals surface area contributed by atoms with Crippen molar-refractivity contribution in [1.82, 2.24) is 0 Å². The SMILES string of the molecule is Cc1ccc(S(=O)(=O)[N-]C[CH+]c2ccccc2)cc1. The van der Waals surface area contributed by atoms with Crippen molar-refractivity contribution in [3.8, 4) is 0 Å². The van der Waals surface area contributed by atoms with E-state index in [1.807, 2.05) is 37.3 Å². The van der Waals surface area contributed by atoms with Crippen LogP contribution in [-0.4, -0.2) is 15.0 Å². The molecule has 0 aromatic heterocycles. The summed E-state index contributed by atoms with van der Waals surface area (Å²) in [7, 11) is -3.55. The molecular weight excluding hydrogens is 258 g/mol. The van der Waals surface area contributed by atoms with E-state index in [0.29, 0.717) is 0 Å². The van der Waals surface area contributed by atoms with Gasteiger partial charge < -0.3 is 4.72 Å². The quantitative estimate of drug-likeness (QED) is 0.785. The molecule has 0 saturated carbocycles. The fraction of sp³-hybridized carbons (Fsp3) is 0.133. The molecule has 2 rings (SSSR count). The highest BCUT2D eigenvalue weighted by atomic mass is 32.2. The van der Waals surface area contributed by atoms with Gasteiger partial charge in [0.15, 0.2) is 0 Å². The van der Waals surface area contributed by atoms with Crippen molar-refractivity contribution in [1.29, 1.82) is 0 Å². The van der Waals surface area contributed by atoms with Crippen molar-refractivity contribution in [2.45, 2.75) is 11.8 Å². The first-order valence-electron chi connectivity index (χ1n) is 5.97. The van der Waals surface area contributed by atoms with Gasteiger partial charge in [0.05, 0.1) is 0 Å². The molecule has 0 amide bonds. The van der Waals surface area contributed by atoms with Gasteiger partial charge in [-0.2, -0.15) is 0 Å². The van der Waals surface area contributed by atoms with E-state index >= 15 is 0 Å². The van der Waals surface area contributed by atoms with Crippen molar-refractivity contribution in [3.05, 3.63) is 76.9 Å². The summed E-state index contributed by atoms with van der Waals surface area (Å²) in [6.45, 7) is 2.07. The van der Waals surface area contributed by atoms with Crippen LogP contribution in [0.25, 0.3) is 4.72 Å². The number of aryl methyl sites for hydroxylation is 1. The van der Waals surface area contributed by atoms with Gasteiger partial charge in [0.25, 0.3) is 0 Å². The van der Waals surface area contributed by atoms with Crippen molar-refractivity contribution in [2.24, 2.45) is 0 Å². The highest BCUT2D eigenvalue weighted by Crippen LogP contribution is 2.18. The molecule has 0 aliphatic rings. The third-order valence-corrected chi connectivity index (χ3v) is 4.05. The van der Waals surface area contributed by atoms with E-state index in [1.165, 1.54) is 0 Å². The van der Waals surface area contributed by atoms with Gasteiger partial charge >= 0.3 is 0 Å². The summed E-state index contributed by atoms with van der Waals surface area (Å²) in [6, 6.07) is 16.2. The predicted molar refractivity (Wildman–Crippen MR) is 76.4 cm³/mol. The molecular formula is C15H15NO2S. The maximum Gasteiger partial charge on any atom is 0.127 e. The average molecular weight is 273 g/mol. The normalized spacial score (nSPS) is 11.2. The predicted octanol–water partition coefficient (Wildman–Crippen LogP) is 3.31. The maximum absolute atomic E-state index is 11.9. The highest BCUT2D eigenvalue weighted by Gasteiger charge is 2.04. The van der Waals surface area contributed by atoms with Crippen LogP contribution in [0, 0.1) is 13.3 Å². The number of rotatable bonds is 5. The molecule has 3 nitrogen and oxygen atoms in total. The number of hydrogen-bond donors (Lipinski definition) is 0. The van der Waals surface area contributed by atoms with Gasteiger partial charge in [-0.3, -0.25) is 0 Å². The zero-order chi connectivity index (χ0) is 13.7. The number of benzene rings is 2. The van der Waals surface area contributed by atoms with Crippen LogP contribution >= 0.6 is 0 Å². The van der Waals surface area contributed by atoms with Crippen molar-refractivity contribution >= 4 is 10.0 Å². The van der Waals surface area contributed by atoms with Gasteiger partial charge in [-0.25, -0.2) is 8.42 Å². The van der Waals surface area contributed by atoms with Crippen LogP contribution in [0.5, 0.6) is 0 Å². The zero-order valence-corrected chi connectivity index (χ0v) is 11.5. The van der Waals surface area contributed by atoms with Crippen molar-refractivity contribution in [2.75, 3.05) is 6.54 Å². The monoisotopic (exact) mass is 273 g/mol. The molecule has 2 aromatic carbocycles. The fourth-order valence-corrected chi connectivity index (χ4v) is 2.51. The molecule has 0 heterocycles. The van der Waals surface area contributed by atoms with Crippen LogP contribution in [0.1, 0.15) is 11.1 Å². The molecule has 0 aliphatic carbocycles. The summed E-state index contributed by atoms with van der Waals surface area (Å²) >= 11 is 0. The summed E-state index contributed by atoms with van der Waals surface area (Å²) in [5.41, 5.74) is 1.99. The topological polar surface area (TPSA) is 48.2 Å². The first kappa shape index (κ1) is 13.6. The van der Waals surface area contributed by atoms with E-state index in [2.05, 4.69) is 4.72 Å². The summed E-state index contributed by atoms with van der Waals surface area (Å²) in [6.07, 6.45) is 1.78. The van der Waals surface area contributed by atoms with Crippen LogP contribution < -0.4 is 0 Å². The van der Waals surface area contributed by atoms with E-state index in [-0.39, 0.29) is 11.4 Å². The van der Waals surface area contributed by atoms with Gasteiger partial charge in [-0.1, -0.05) is 24.2 Å². The molecule has 0 atom stereocenters. The van der Waals surface area contributed by atoms with Crippen LogP contribution in [0.2, 0.25) is 0 Å². The van der Waals surface area contributed by atoms with Gasteiger partial charge in [0.2, 0.25) is 0 Å². The number of nitrogens with zero attached hydrogens (tertiary/aromatic N) is 1. The molecule has 0 fully saturated rings. The summed E-state index contributed by atoms with van der Waals surface area (Å²) in [4.78, 5) is 0.236. The lowest BCUT2D eigenvalue weighted by molar-refractivity contribution is 0.602. The Morgan fingerprint density at radius 2 is 1.63 bits per heavy atom. The van der Waals surface area contributed by atoms with Crippen LogP contribution in [-0.2, 0) is 10.0 Å². The van der Waals surface area contributed by atoms with Crippen molar-refractivity contribution in [3.63, 3.8) is 0 Å². The Morgan fingerprint density at radius 1 is 1.00 bits per heavy atom. The Kier molecular flexibility index (Phi) is 4.24. The summed E-state index contributed by atoms with van der Waals surface area (Å²) in [5, 5.41) is 0. The van der Waals surface area contributed by atoms with Crippen LogP contribution in [0.3, 0.4) is 0 Å². The highest BCUT2D eigenvalue weighted by molar-refractivity contribution is 7.94. The Balaban J connectivity index is 1.97. The van der Waals surface area contributed by atoms with Gasteiger partial charge in [-0.05, 0) is 37.3 Å². The van der Waals surface area contributed by atoms with Crippen LogP contribution in [0.15, 0.2) is 59.5 Å². The van der Waals surface area contributed by atoms with Gasteiger partial charge in [0, 0.05) is 23.4 Å². The lowest BCUT2D eigenvalue weighted by Crippen LogP contribution is -2.02. The Labute approximate surface area is 114 Å². The second-order valence-corrected chi connectivity index (χ2v) is 5.89.